The molecule has 2 amide bonds. The van der Waals surface area contributed by atoms with Gasteiger partial charge >= 0.3 is 6.03 Å². The van der Waals surface area contributed by atoms with Crippen LogP contribution in [0.2, 0.25) is 0 Å². The van der Waals surface area contributed by atoms with Gasteiger partial charge in [-0.05, 0) is 38.0 Å². The lowest BCUT2D eigenvalue weighted by Crippen LogP contribution is -2.44. The van der Waals surface area contributed by atoms with Gasteiger partial charge in [0.05, 0.1) is 6.54 Å². The molecule has 0 aromatic heterocycles. The minimum absolute atomic E-state index is 0.00912. The fourth-order valence-corrected chi connectivity index (χ4v) is 2.44. The highest BCUT2D eigenvalue weighted by atomic mass is 16.5. The molecule has 0 fully saturated rings. The number of hydrogen-bond acceptors (Lipinski definition) is 3. The molecular weight excluding hydrogens is 280 g/mol. The third kappa shape index (κ3) is 5.07. The first-order chi connectivity index (χ1) is 10.6. The van der Waals surface area contributed by atoms with Crippen molar-refractivity contribution in [1.29, 1.82) is 0 Å². The van der Waals surface area contributed by atoms with Crippen LogP contribution in [0.1, 0.15) is 18.9 Å². The van der Waals surface area contributed by atoms with Crippen molar-refractivity contribution in [1.82, 2.24) is 10.6 Å². The normalized spacial score (nSPS) is 21.4. The molecule has 120 valence electrons. The van der Waals surface area contributed by atoms with E-state index >= 15 is 0 Å². The summed E-state index contributed by atoms with van der Waals surface area (Å²) in [5.74, 6) is 0.952. The number of aryl methyl sites for hydroxylation is 1. The standard InChI is InChI=1S/C17H24N2O3/c1-12-4-3-5-16(8-12)22-13(2)10-18-17(21)19-15-7-6-14(9-15)11-20/h3-8,13-15,20H,9-11H2,1-2H3,(H2,18,19,21)/t13?,14-,15+/m0/s1. The Balaban J connectivity index is 1.69. The van der Waals surface area contributed by atoms with Crippen LogP contribution in [0.5, 0.6) is 5.75 Å². The summed E-state index contributed by atoms with van der Waals surface area (Å²) in [5.41, 5.74) is 1.14. The molecule has 0 spiro atoms. The molecule has 1 aliphatic carbocycles. The molecule has 22 heavy (non-hydrogen) atoms. The Kier molecular flexibility index (Phi) is 5.83. The molecule has 0 radical (unpaired) electrons. The molecule has 2 rings (SSSR count). The molecule has 0 saturated heterocycles. The van der Waals surface area contributed by atoms with Crippen LogP contribution in [0, 0.1) is 12.8 Å². The van der Waals surface area contributed by atoms with Crippen LogP contribution in [-0.4, -0.2) is 36.4 Å². The molecule has 3 atom stereocenters. The summed E-state index contributed by atoms with van der Waals surface area (Å²) in [4.78, 5) is 11.8. The van der Waals surface area contributed by atoms with Crippen LogP contribution in [0.4, 0.5) is 4.79 Å². The van der Waals surface area contributed by atoms with Gasteiger partial charge < -0.3 is 20.5 Å². The molecule has 5 heteroatoms. The highest BCUT2D eigenvalue weighted by Crippen LogP contribution is 2.17. The number of aliphatic hydroxyl groups excluding tert-OH is 1. The van der Waals surface area contributed by atoms with Gasteiger partial charge in [0.15, 0.2) is 0 Å². The van der Waals surface area contributed by atoms with E-state index in [1.54, 1.807) is 0 Å². The zero-order valence-electron chi connectivity index (χ0n) is 13.1. The van der Waals surface area contributed by atoms with Crippen molar-refractivity contribution in [3.63, 3.8) is 0 Å². The lowest BCUT2D eigenvalue weighted by Gasteiger charge is -2.17. The minimum Gasteiger partial charge on any atom is -0.489 e. The highest BCUT2D eigenvalue weighted by molar-refractivity contribution is 5.74. The second-order valence-electron chi connectivity index (χ2n) is 5.77. The van der Waals surface area contributed by atoms with Crippen molar-refractivity contribution in [2.75, 3.05) is 13.2 Å². The average Bonchev–Trinajstić information content (AvgIpc) is 2.93. The minimum atomic E-state index is -0.215. The van der Waals surface area contributed by atoms with Crippen molar-refractivity contribution >= 4 is 6.03 Å². The van der Waals surface area contributed by atoms with Gasteiger partial charge in [0.25, 0.3) is 0 Å². The number of aliphatic hydroxyl groups is 1. The topological polar surface area (TPSA) is 70.6 Å². The molecule has 0 bridgehead atoms. The maximum Gasteiger partial charge on any atom is 0.315 e. The van der Waals surface area contributed by atoms with Gasteiger partial charge in [-0.2, -0.15) is 0 Å². The third-order valence-electron chi connectivity index (χ3n) is 3.60. The van der Waals surface area contributed by atoms with Gasteiger partial charge in [0.2, 0.25) is 0 Å². The number of carbonyl (C=O) groups excluding carboxylic acids is 1. The summed E-state index contributed by atoms with van der Waals surface area (Å²) in [7, 11) is 0. The SMILES string of the molecule is Cc1cccc(OC(C)CNC(=O)N[C@@H]2C=C[C@H](CO)C2)c1. The molecule has 1 aromatic rings. The smallest absolute Gasteiger partial charge is 0.315 e. The van der Waals surface area contributed by atoms with Crippen molar-refractivity contribution in [2.24, 2.45) is 5.92 Å². The monoisotopic (exact) mass is 304 g/mol. The van der Waals surface area contributed by atoms with Crippen molar-refractivity contribution in [3.05, 3.63) is 42.0 Å². The Morgan fingerprint density at radius 2 is 2.27 bits per heavy atom. The zero-order chi connectivity index (χ0) is 15.9. The van der Waals surface area contributed by atoms with E-state index in [9.17, 15) is 4.79 Å². The van der Waals surface area contributed by atoms with Crippen LogP contribution < -0.4 is 15.4 Å². The summed E-state index contributed by atoms with van der Waals surface area (Å²) in [5, 5.41) is 14.7. The summed E-state index contributed by atoms with van der Waals surface area (Å²) in [6.45, 7) is 4.48. The second kappa shape index (κ2) is 7.84. The number of carbonyl (C=O) groups is 1. The highest BCUT2D eigenvalue weighted by Gasteiger charge is 2.19. The number of hydrogen-bond donors (Lipinski definition) is 3. The van der Waals surface area contributed by atoms with Crippen LogP contribution in [-0.2, 0) is 0 Å². The molecule has 0 saturated carbocycles. The number of nitrogens with one attached hydrogen (secondary N) is 2. The fraction of sp³-hybridized carbons (Fsp3) is 0.471. The molecule has 1 aromatic carbocycles. The lowest BCUT2D eigenvalue weighted by molar-refractivity contribution is 0.205. The van der Waals surface area contributed by atoms with Gasteiger partial charge in [-0.25, -0.2) is 4.79 Å². The predicted molar refractivity (Wildman–Crippen MR) is 85.9 cm³/mol. The number of amides is 2. The van der Waals surface area contributed by atoms with Crippen LogP contribution >= 0.6 is 0 Å². The van der Waals surface area contributed by atoms with E-state index in [0.717, 1.165) is 17.7 Å². The quantitative estimate of drug-likeness (QED) is 0.704. The van der Waals surface area contributed by atoms with E-state index in [4.69, 9.17) is 9.84 Å². The second-order valence-corrected chi connectivity index (χ2v) is 5.77. The molecule has 0 aliphatic heterocycles. The first kappa shape index (κ1) is 16.4. The Morgan fingerprint density at radius 1 is 1.45 bits per heavy atom. The number of ether oxygens (including phenoxy) is 1. The van der Waals surface area contributed by atoms with E-state index in [1.807, 2.05) is 50.3 Å². The summed E-state index contributed by atoms with van der Waals surface area (Å²) in [6.07, 6.45) is 4.50. The molecule has 1 aliphatic rings. The number of benzene rings is 1. The van der Waals surface area contributed by atoms with Gasteiger partial charge in [0.1, 0.15) is 11.9 Å². The molecule has 0 heterocycles. The fourth-order valence-electron chi connectivity index (χ4n) is 2.44. The van der Waals surface area contributed by atoms with Crippen molar-refractivity contribution in [3.8, 4) is 5.75 Å². The molecule has 1 unspecified atom stereocenters. The summed E-state index contributed by atoms with van der Waals surface area (Å²) < 4.78 is 5.76. The van der Waals surface area contributed by atoms with E-state index in [2.05, 4.69) is 10.6 Å². The Labute approximate surface area is 131 Å². The van der Waals surface area contributed by atoms with Gasteiger partial charge in [-0.15, -0.1) is 0 Å². The zero-order valence-corrected chi connectivity index (χ0v) is 13.1. The van der Waals surface area contributed by atoms with E-state index in [-0.39, 0.29) is 30.7 Å². The Hall–Kier alpha value is -2.01. The Bertz CT molecular complexity index is 530. The number of urea groups is 1. The third-order valence-corrected chi connectivity index (χ3v) is 3.60. The maximum atomic E-state index is 11.8. The molecule has 3 N–H and O–H groups in total. The van der Waals surface area contributed by atoms with Crippen molar-refractivity contribution < 1.29 is 14.6 Å². The maximum absolute atomic E-state index is 11.8. The summed E-state index contributed by atoms with van der Waals surface area (Å²) in [6, 6.07) is 7.61. The van der Waals surface area contributed by atoms with Crippen LogP contribution in [0.25, 0.3) is 0 Å². The van der Waals surface area contributed by atoms with Gasteiger partial charge in [-0.1, -0.05) is 24.3 Å². The Morgan fingerprint density at radius 3 is 2.95 bits per heavy atom. The van der Waals surface area contributed by atoms with Gasteiger partial charge in [-0.3, -0.25) is 0 Å². The first-order valence-electron chi connectivity index (χ1n) is 7.63. The number of rotatable bonds is 6. The molecule has 5 nitrogen and oxygen atoms in total. The van der Waals surface area contributed by atoms with E-state index in [0.29, 0.717) is 6.54 Å². The first-order valence-corrected chi connectivity index (χ1v) is 7.63. The van der Waals surface area contributed by atoms with Gasteiger partial charge in [0, 0.05) is 18.6 Å². The lowest BCUT2D eigenvalue weighted by atomic mass is 10.1. The largest absolute Gasteiger partial charge is 0.489 e. The van der Waals surface area contributed by atoms with Crippen LogP contribution in [0.3, 0.4) is 0 Å². The van der Waals surface area contributed by atoms with E-state index < -0.39 is 0 Å². The molecular formula is C17H24N2O3. The van der Waals surface area contributed by atoms with Crippen LogP contribution in [0.15, 0.2) is 36.4 Å². The van der Waals surface area contributed by atoms with E-state index in [1.165, 1.54) is 0 Å². The summed E-state index contributed by atoms with van der Waals surface area (Å²) >= 11 is 0. The van der Waals surface area contributed by atoms with Crippen molar-refractivity contribution in [2.45, 2.75) is 32.4 Å². The predicted octanol–water partition coefficient (Wildman–Crippen LogP) is 2.00. The average molecular weight is 304 g/mol.